The van der Waals surface area contributed by atoms with Crippen molar-refractivity contribution in [2.24, 2.45) is 4.99 Å². The number of halogens is 2. The van der Waals surface area contributed by atoms with Gasteiger partial charge in [0.2, 0.25) is 0 Å². The maximum Gasteiger partial charge on any atom is 0.191 e. The van der Waals surface area contributed by atoms with E-state index in [0.717, 1.165) is 22.0 Å². The molecule has 0 fully saturated rings. The Morgan fingerprint density at radius 3 is 2.55 bits per heavy atom. The van der Waals surface area contributed by atoms with Crippen LogP contribution in [0.2, 0.25) is 0 Å². The number of para-hydroxylation sites is 1. The Balaban J connectivity index is 0.00000300. The van der Waals surface area contributed by atoms with Crippen LogP contribution in [0.4, 0.5) is 4.39 Å². The summed E-state index contributed by atoms with van der Waals surface area (Å²) < 4.78 is 13.9. The predicted molar refractivity (Wildman–Crippen MR) is 128 cm³/mol. The number of pyridine rings is 1. The first-order valence-corrected chi connectivity index (χ1v) is 9.26. The highest BCUT2D eigenvalue weighted by Gasteiger charge is 2.07. The number of benzene rings is 2. The van der Waals surface area contributed by atoms with Gasteiger partial charge in [-0.2, -0.15) is 0 Å². The summed E-state index contributed by atoms with van der Waals surface area (Å²) in [7, 11) is 5.60. The molecule has 7 heteroatoms. The van der Waals surface area contributed by atoms with E-state index in [2.05, 4.69) is 26.7 Å². The largest absolute Gasteiger partial charge is 0.352 e. The summed E-state index contributed by atoms with van der Waals surface area (Å²) in [6.07, 6.45) is 1.82. The first-order chi connectivity index (χ1) is 13.6. The molecule has 3 rings (SSSR count). The number of nitrogens with one attached hydrogen (secondary N) is 2. The summed E-state index contributed by atoms with van der Waals surface area (Å²) in [5.74, 6) is 0.518. The first-order valence-electron chi connectivity index (χ1n) is 9.26. The predicted octanol–water partition coefficient (Wildman–Crippen LogP) is 3.92. The van der Waals surface area contributed by atoms with E-state index in [0.29, 0.717) is 31.2 Å². The molecule has 0 unspecified atom stereocenters. The minimum atomic E-state index is -0.176. The third-order valence-electron chi connectivity index (χ3n) is 4.47. The van der Waals surface area contributed by atoms with Gasteiger partial charge in [-0.1, -0.05) is 24.3 Å². The molecule has 0 atom stereocenters. The Morgan fingerprint density at radius 2 is 1.79 bits per heavy atom. The van der Waals surface area contributed by atoms with Crippen LogP contribution < -0.4 is 10.6 Å². The van der Waals surface area contributed by atoms with Crippen molar-refractivity contribution in [3.63, 3.8) is 0 Å². The van der Waals surface area contributed by atoms with Gasteiger partial charge >= 0.3 is 0 Å². The molecule has 3 aromatic rings. The highest BCUT2D eigenvalue weighted by molar-refractivity contribution is 14.0. The lowest BCUT2D eigenvalue weighted by molar-refractivity contribution is 0.392. The van der Waals surface area contributed by atoms with E-state index < -0.39 is 0 Å². The van der Waals surface area contributed by atoms with E-state index in [1.54, 1.807) is 13.1 Å². The molecule has 1 aromatic heterocycles. The van der Waals surface area contributed by atoms with Gasteiger partial charge in [0.1, 0.15) is 5.82 Å². The second-order valence-electron chi connectivity index (χ2n) is 6.93. The molecular formula is C22H27FIN5. The number of hydrogen-bond donors (Lipinski definition) is 2. The van der Waals surface area contributed by atoms with Gasteiger partial charge in [-0.3, -0.25) is 9.98 Å². The van der Waals surface area contributed by atoms with Crippen molar-refractivity contribution >= 4 is 40.8 Å². The van der Waals surface area contributed by atoms with E-state index in [4.69, 9.17) is 0 Å². The minimum absolute atomic E-state index is 0. The van der Waals surface area contributed by atoms with Gasteiger partial charge in [-0.15, -0.1) is 24.0 Å². The third kappa shape index (κ3) is 6.37. The van der Waals surface area contributed by atoms with E-state index in [9.17, 15) is 4.39 Å². The van der Waals surface area contributed by atoms with Crippen molar-refractivity contribution < 1.29 is 4.39 Å². The summed E-state index contributed by atoms with van der Waals surface area (Å²) in [6.45, 7) is 1.78. The number of nitrogens with zero attached hydrogens (tertiary/aromatic N) is 3. The van der Waals surface area contributed by atoms with E-state index >= 15 is 0 Å². The number of rotatable bonds is 6. The minimum Gasteiger partial charge on any atom is -0.352 e. The van der Waals surface area contributed by atoms with Crippen LogP contribution in [0.25, 0.3) is 10.9 Å². The number of hydrogen-bond acceptors (Lipinski definition) is 3. The van der Waals surface area contributed by atoms with Crippen molar-refractivity contribution in [1.82, 2.24) is 20.5 Å². The SMILES string of the molecule is CN=C(NCc1ccc(F)c(CN(C)C)c1)NCc1ccnc2ccccc12.I. The second-order valence-corrected chi connectivity index (χ2v) is 6.93. The van der Waals surface area contributed by atoms with Crippen LogP contribution in [-0.2, 0) is 19.6 Å². The monoisotopic (exact) mass is 507 g/mol. The fourth-order valence-corrected chi connectivity index (χ4v) is 3.09. The van der Waals surface area contributed by atoms with Crippen molar-refractivity contribution in [3.8, 4) is 0 Å². The molecule has 1 heterocycles. The lowest BCUT2D eigenvalue weighted by Gasteiger charge is -2.15. The zero-order valence-electron chi connectivity index (χ0n) is 16.9. The summed E-state index contributed by atoms with van der Waals surface area (Å²) in [4.78, 5) is 10.6. The molecule has 0 saturated carbocycles. The van der Waals surface area contributed by atoms with Crippen molar-refractivity contribution in [2.45, 2.75) is 19.6 Å². The smallest absolute Gasteiger partial charge is 0.191 e. The van der Waals surface area contributed by atoms with Crippen LogP contribution in [0.5, 0.6) is 0 Å². The van der Waals surface area contributed by atoms with Gasteiger partial charge in [-0.25, -0.2) is 4.39 Å². The lowest BCUT2D eigenvalue weighted by Crippen LogP contribution is -2.36. The van der Waals surface area contributed by atoms with Crippen LogP contribution in [0.3, 0.4) is 0 Å². The van der Waals surface area contributed by atoms with Crippen LogP contribution in [0, 0.1) is 5.82 Å². The molecule has 0 aliphatic rings. The number of aliphatic imine (C=N–C) groups is 1. The first kappa shape index (κ1) is 23.0. The standard InChI is InChI=1S/C22H26FN5.HI/c1-24-22(26-13-16-8-9-20(23)18(12-16)15-28(2)3)27-14-17-10-11-25-21-7-5-4-6-19(17)21;/h4-12H,13-15H2,1-3H3,(H2,24,26,27);1H. The molecule has 0 amide bonds. The molecule has 2 aromatic carbocycles. The van der Waals surface area contributed by atoms with Gasteiger partial charge in [0.25, 0.3) is 0 Å². The van der Waals surface area contributed by atoms with Crippen molar-refractivity contribution in [2.75, 3.05) is 21.1 Å². The average molecular weight is 507 g/mol. The molecular weight excluding hydrogens is 480 g/mol. The number of aromatic nitrogens is 1. The number of guanidine groups is 1. The van der Waals surface area contributed by atoms with Crippen LogP contribution in [0.15, 0.2) is 59.7 Å². The Bertz CT molecular complexity index is 969. The fraction of sp³-hybridized carbons (Fsp3) is 0.273. The summed E-state index contributed by atoms with van der Waals surface area (Å²) in [6, 6.07) is 15.3. The maximum atomic E-state index is 13.9. The number of fused-ring (bicyclic) bond motifs is 1. The normalized spacial score (nSPS) is 11.4. The van der Waals surface area contributed by atoms with E-state index in [1.165, 1.54) is 6.07 Å². The molecule has 5 nitrogen and oxygen atoms in total. The zero-order valence-corrected chi connectivity index (χ0v) is 19.3. The Kier molecular flexibility index (Phi) is 8.78. The lowest BCUT2D eigenvalue weighted by atomic mass is 10.1. The van der Waals surface area contributed by atoms with Gasteiger partial charge in [0, 0.05) is 43.8 Å². The average Bonchev–Trinajstić information content (AvgIpc) is 2.70. The topological polar surface area (TPSA) is 52.6 Å². The van der Waals surface area contributed by atoms with Gasteiger partial charge in [0.05, 0.1) is 5.52 Å². The molecule has 0 bridgehead atoms. The summed E-state index contributed by atoms with van der Waals surface area (Å²) >= 11 is 0. The molecule has 0 aliphatic heterocycles. The van der Waals surface area contributed by atoms with Crippen molar-refractivity contribution in [1.29, 1.82) is 0 Å². The highest BCUT2D eigenvalue weighted by Crippen LogP contribution is 2.16. The van der Waals surface area contributed by atoms with Gasteiger partial charge in [0.15, 0.2) is 5.96 Å². The molecule has 0 spiro atoms. The van der Waals surface area contributed by atoms with Gasteiger partial charge in [-0.05, 0) is 49.5 Å². The summed E-state index contributed by atoms with van der Waals surface area (Å²) in [5, 5.41) is 7.75. The highest BCUT2D eigenvalue weighted by atomic mass is 127. The fourth-order valence-electron chi connectivity index (χ4n) is 3.09. The molecule has 2 N–H and O–H groups in total. The van der Waals surface area contributed by atoms with Crippen LogP contribution >= 0.6 is 24.0 Å². The van der Waals surface area contributed by atoms with Crippen molar-refractivity contribution in [3.05, 3.63) is 77.2 Å². The molecule has 0 aliphatic carbocycles. The third-order valence-corrected chi connectivity index (χ3v) is 4.47. The Hall–Kier alpha value is -2.26. The quantitative estimate of drug-likeness (QED) is 0.302. The van der Waals surface area contributed by atoms with Gasteiger partial charge < -0.3 is 15.5 Å². The zero-order chi connectivity index (χ0) is 19.9. The van der Waals surface area contributed by atoms with E-state index in [1.807, 2.05) is 55.5 Å². The Labute approximate surface area is 188 Å². The molecule has 154 valence electrons. The van der Waals surface area contributed by atoms with Crippen LogP contribution in [0.1, 0.15) is 16.7 Å². The summed E-state index contributed by atoms with van der Waals surface area (Å²) in [5.41, 5.74) is 3.83. The maximum absolute atomic E-state index is 13.9. The molecule has 29 heavy (non-hydrogen) atoms. The van der Waals surface area contributed by atoms with Crippen LogP contribution in [-0.4, -0.2) is 37.0 Å². The van der Waals surface area contributed by atoms with E-state index in [-0.39, 0.29) is 29.8 Å². The molecule has 0 radical (unpaired) electrons. The Morgan fingerprint density at radius 1 is 1.03 bits per heavy atom. The molecule has 0 saturated heterocycles. The second kappa shape index (κ2) is 11.1.